The van der Waals surface area contributed by atoms with Gasteiger partial charge in [-0.1, -0.05) is 18.2 Å². The molecular formula is C28H36F3N3O5S. The number of amides is 2. The first-order valence-corrected chi connectivity index (χ1v) is 14.7. The summed E-state index contributed by atoms with van der Waals surface area (Å²) in [6.45, 7) is 4.10. The van der Waals surface area contributed by atoms with Crippen LogP contribution in [0.15, 0.2) is 53.4 Å². The first-order chi connectivity index (χ1) is 18.7. The minimum Gasteiger partial charge on any atom is -0.495 e. The van der Waals surface area contributed by atoms with E-state index in [1.807, 2.05) is 20.9 Å². The number of methoxy groups -OCH3 is 1. The third-order valence-corrected chi connectivity index (χ3v) is 9.22. The van der Waals surface area contributed by atoms with Crippen molar-refractivity contribution in [3.05, 3.63) is 54.1 Å². The number of ether oxygens (including phenoxy) is 1. The Morgan fingerprint density at radius 2 is 1.75 bits per heavy atom. The van der Waals surface area contributed by atoms with Gasteiger partial charge in [-0.25, -0.2) is 8.42 Å². The number of rotatable bonds is 10. The number of alkyl halides is 3. The quantitative estimate of drug-likeness (QED) is 0.399. The van der Waals surface area contributed by atoms with Crippen LogP contribution in [0.2, 0.25) is 0 Å². The van der Waals surface area contributed by atoms with Crippen LogP contribution in [0.25, 0.3) is 0 Å². The smallest absolute Gasteiger partial charge is 0.416 e. The van der Waals surface area contributed by atoms with E-state index in [1.54, 1.807) is 18.2 Å². The molecule has 0 unspecified atom stereocenters. The van der Waals surface area contributed by atoms with Crippen LogP contribution < -0.4 is 15.4 Å². The van der Waals surface area contributed by atoms with Crippen molar-refractivity contribution in [3.8, 4) is 5.75 Å². The Kier molecular flexibility index (Phi) is 10.2. The standard InChI is InChI=1S/C28H36F3N3O5S/c1-18(2)34(3)21-12-10-19(17-40(37,38)22-8-6-5-7-9-22)23(15-21)32-26(35)16-27(36)33-24-14-20(28(29,30)31)11-13-25(24)39-4/h5-9,11,13-14,18-19,21,23H,10,12,15-17H2,1-4H3,(H,32,35)(H,33,36)/t19-,21-,23-/m0/s1. The molecule has 0 bridgehead atoms. The number of benzene rings is 2. The predicted octanol–water partition coefficient (Wildman–Crippen LogP) is 4.51. The summed E-state index contributed by atoms with van der Waals surface area (Å²) < 4.78 is 70.7. The fourth-order valence-electron chi connectivity index (χ4n) is 4.96. The van der Waals surface area contributed by atoms with E-state index in [1.165, 1.54) is 19.2 Å². The lowest BCUT2D eigenvalue weighted by atomic mass is 9.81. The number of anilines is 1. The monoisotopic (exact) mass is 583 g/mol. The van der Waals surface area contributed by atoms with Crippen LogP contribution in [-0.2, 0) is 25.6 Å². The first-order valence-electron chi connectivity index (χ1n) is 13.1. The molecule has 2 N–H and O–H groups in total. The van der Waals surface area contributed by atoms with Crippen LogP contribution in [0.3, 0.4) is 0 Å². The zero-order valence-electron chi connectivity index (χ0n) is 23.0. The highest BCUT2D eigenvalue weighted by molar-refractivity contribution is 7.91. The Labute approximate surface area is 233 Å². The fraction of sp³-hybridized carbons (Fsp3) is 0.500. The Bertz CT molecular complexity index is 1290. The van der Waals surface area contributed by atoms with Crippen LogP contribution in [0.1, 0.15) is 45.1 Å². The van der Waals surface area contributed by atoms with Crippen LogP contribution in [0.5, 0.6) is 5.75 Å². The lowest BCUT2D eigenvalue weighted by molar-refractivity contribution is -0.137. The van der Waals surface area contributed by atoms with Gasteiger partial charge in [0.25, 0.3) is 0 Å². The maximum absolute atomic E-state index is 13.1. The Morgan fingerprint density at radius 1 is 1.07 bits per heavy atom. The largest absolute Gasteiger partial charge is 0.495 e. The van der Waals surface area contributed by atoms with Crippen molar-refractivity contribution in [1.82, 2.24) is 10.2 Å². The second-order valence-electron chi connectivity index (χ2n) is 10.4. The number of hydrogen-bond acceptors (Lipinski definition) is 6. The summed E-state index contributed by atoms with van der Waals surface area (Å²) >= 11 is 0. The molecular weight excluding hydrogens is 547 g/mol. The maximum Gasteiger partial charge on any atom is 0.416 e. The molecule has 3 atom stereocenters. The third-order valence-electron chi connectivity index (χ3n) is 7.36. The molecule has 1 saturated carbocycles. The molecule has 1 aliphatic rings. The Hall–Kier alpha value is -3.12. The lowest BCUT2D eigenvalue weighted by Gasteiger charge is -2.41. The zero-order chi connectivity index (χ0) is 29.7. The van der Waals surface area contributed by atoms with Gasteiger partial charge in [0.1, 0.15) is 12.2 Å². The minimum atomic E-state index is -4.63. The first kappa shape index (κ1) is 31.4. The van der Waals surface area contributed by atoms with Gasteiger partial charge in [0.2, 0.25) is 11.8 Å². The van der Waals surface area contributed by atoms with Gasteiger partial charge < -0.3 is 20.3 Å². The zero-order valence-corrected chi connectivity index (χ0v) is 23.8. The summed E-state index contributed by atoms with van der Waals surface area (Å²) in [6.07, 6.45) is -3.46. The summed E-state index contributed by atoms with van der Waals surface area (Å²) in [4.78, 5) is 28.0. The Morgan fingerprint density at radius 3 is 2.35 bits per heavy atom. The topological polar surface area (TPSA) is 105 Å². The van der Waals surface area contributed by atoms with Gasteiger partial charge in [0.15, 0.2) is 9.84 Å². The number of carbonyl (C=O) groups excluding carboxylic acids is 2. The summed E-state index contributed by atoms with van der Waals surface area (Å²) in [5.74, 6) is -2.00. The summed E-state index contributed by atoms with van der Waals surface area (Å²) in [7, 11) is -0.391. The van der Waals surface area contributed by atoms with Gasteiger partial charge in [-0.2, -0.15) is 13.2 Å². The number of hydrogen-bond donors (Lipinski definition) is 2. The van der Waals surface area contributed by atoms with Crippen LogP contribution >= 0.6 is 0 Å². The molecule has 2 aromatic rings. The van der Waals surface area contributed by atoms with Gasteiger partial charge >= 0.3 is 6.18 Å². The molecule has 1 aliphatic carbocycles. The molecule has 0 aromatic heterocycles. The SMILES string of the molecule is COc1ccc(C(F)(F)F)cc1NC(=O)CC(=O)N[C@H]1C[C@@H](N(C)C(C)C)CC[C@H]1CS(=O)(=O)c1ccccc1. The van der Waals surface area contributed by atoms with Gasteiger partial charge in [0, 0.05) is 18.1 Å². The van der Waals surface area contributed by atoms with Crippen molar-refractivity contribution in [2.24, 2.45) is 5.92 Å². The summed E-state index contributed by atoms with van der Waals surface area (Å²) in [5, 5.41) is 5.17. The number of halogens is 3. The average molecular weight is 584 g/mol. The molecule has 0 heterocycles. The normalized spacial score (nSPS) is 19.9. The molecule has 220 valence electrons. The van der Waals surface area contributed by atoms with E-state index in [4.69, 9.17) is 4.74 Å². The van der Waals surface area contributed by atoms with E-state index in [0.29, 0.717) is 12.8 Å². The Balaban J connectivity index is 1.74. The van der Waals surface area contributed by atoms with Gasteiger partial charge in [-0.15, -0.1) is 0 Å². The third kappa shape index (κ3) is 8.20. The number of carbonyl (C=O) groups is 2. The van der Waals surface area contributed by atoms with Crippen LogP contribution in [0.4, 0.5) is 18.9 Å². The van der Waals surface area contributed by atoms with Crippen molar-refractivity contribution < 1.29 is 35.9 Å². The second kappa shape index (κ2) is 13.0. The van der Waals surface area contributed by atoms with Crippen molar-refractivity contribution >= 4 is 27.3 Å². The summed E-state index contributed by atoms with van der Waals surface area (Å²) in [5.41, 5.74) is -1.18. The number of nitrogens with one attached hydrogen (secondary N) is 2. The molecule has 0 saturated heterocycles. The van der Waals surface area contributed by atoms with E-state index in [-0.39, 0.29) is 40.1 Å². The molecule has 3 rings (SSSR count). The van der Waals surface area contributed by atoms with Crippen molar-refractivity contribution in [1.29, 1.82) is 0 Å². The van der Waals surface area contributed by atoms with Gasteiger partial charge in [-0.3, -0.25) is 9.59 Å². The molecule has 0 aliphatic heterocycles. The summed E-state index contributed by atoms with van der Waals surface area (Å²) in [6, 6.07) is 10.6. The van der Waals surface area contributed by atoms with Gasteiger partial charge in [-0.05, 0) is 76.4 Å². The minimum absolute atomic E-state index is 0.0137. The fourth-order valence-corrected chi connectivity index (χ4v) is 6.69. The van der Waals surface area contributed by atoms with E-state index in [2.05, 4.69) is 15.5 Å². The highest BCUT2D eigenvalue weighted by atomic mass is 32.2. The highest BCUT2D eigenvalue weighted by Crippen LogP contribution is 2.35. The molecule has 2 amide bonds. The number of sulfone groups is 1. The second-order valence-corrected chi connectivity index (χ2v) is 12.4. The van der Waals surface area contributed by atoms with Gasteiger partial charge in [0.05, 0.1) is 29.0 Å². The highest BCUT2D eigenvalue weighted by Gasteiger charge is 2.37. The maximum atomic E-state index is 13.1. The van der Waals surface area contributed by atoms with E-state index >= 15 is 0 Å². The van der Waals surface area contributed by atoms with Crippen LogP contribution in [-0.4, -0.2) is 63.2 Å². The van der Waals surface area contributed by atoms with E-state index in [9.17, 15) is 31.2 Å². The van der Waals surface area contributed by atoms with Crippen LogP contribution in [0, 0.1) is 5.92 Å². The van der Waals surface area contributed by atoms with Crippen molar-refractivity contribution in [2.45, 2.75) is 68.7 Å². The molecule has 12 heteroatoms. The molecule has 0 spiro atoms. The molecule has 0 radical (unpaired) electrons. The van der Waals surface area contributed by atoms with Crippen molar-refractivity contribution in [2.75, 3.05) is 25.2 Å². The molecule has 1 fully saturated rings. The number of nitrogens with zero attached hydrogens (tertiary/aromatic N) is 1. The average Bonchev–Trinajstić information content (AvgIpc) is 2.88. The molecule has 40 heavy (non-hydrogen) atoms. The van der Waals surface area contributed by atoms with E-state index < -0.39 is 45.9 Å². The molecule has 2 aromatic carbocycles. The predicted molar refractivity (Wildman–Crippen MR) is 146 cm³/mol. The van der Waals surface area contributed by atoms with Crippen molar-refractivity contribution in [3.63, 3.8) is 0 Å². The molecule has 8 nitrogen and oxygen atoms in total. The van der Waals surface area contributed by atoms with E-state index in [0.717, 1.165) is 24.6 Å². The lowest BCUT2D eigenvalue weighted by Crippen LogP contribution is -2.52.